The summed E-state index contributed by atoms with van der Waals surface area (Å²) in [6, 6.07) is 8.13. The van der Waals surface area contributed by atoms with E-state index in [4.69, 9.17) is 0 Å². The number of piperazine rings is 1. The predicted molar refractivity (Wildman–Crippen MR) is 114 cm³/mol. The smallest absolute Gasteiger partial charge is 0.142 e. The number of aliphatic hydroxyl groups excluding tert-OH is 1. The van der Waals surface area contributed by atoms with Crippen molar-refractivity contribution in [1.29, 1.82) is 0 Å². The number of aryl methyl sites for hydroxylation is 2. The van der Waals surface area contributed by atoms with Gasteiger partial charge in [0, 0.05) is 81.2 Å². The average Bonchev–Trinajstić information content (AvgIpc) is 3.33. The van der Waals surface area contributed by atoms with E-state index >= 15 is 0 Å². The van der Waals surface area contributed by atoms with Gasteiger partial charge in [-0.1, -0.05) is 18.2 Å². The van der Waals surface area contributed by atoms with Crippen molar-refractivity contribution in [3.63, 3.8) is 0 Å². The second-order valence-electron chi connectivity index (χ2n) is 7.69. The molecule has 3 heterocycles. The SMILES string of the molecule is CCn1ncc(CN2CCN(c3ccccc3C(O)c3nccn3C)CC2)c1C. The minimum Gasteiger partial charge on any atom is -0.380 e. The third-order valence-corrected chi connectivity index (χ3v) is 5.95. The van der Waals surface area contributed by atoms with Crippen molar-refractivity contribution in [1.82, 2.24) is 24.2 Å². The second kappa shape index (κ2) is 8.39. The Morgan fingerprint density at radius 2 is 1.90 bits per heavy atom. The van der Waals surface area contributed by atoms with Crippen LogP contribution in [0.3, 0.4) is 0 Å². The van der Waals surface area contributed by atoms with Gasteiger partial charge in [0.2, 0.25) is 0 Å². The summed E-state index contributed by atoms with van der Waals surface area (Å²) in [5.41, 5.74) is 4.58. The first-order chi connectivity index (χ1) is 14.1. The molecule has 1 aromatic carbocycles. The van der Waals surface area contributed by atoms with Gasteiger partial charge in [-0.25, -0.2) is 4.98 Å². The monoisotopic (exact) mass is 394 g/mol. The molecule has 1 fully saturated rings. The van der Waals surface area contributed by atoms with Gasteiger partial charge in [-0.05, 0) is 19.9 Å². The van der Waals surface area contributed by atoms with Crippen LogP contribution in [0.1, 0.15) is 35.7 Å². The molecule has 1 N–H and O–H groups in total. The molecule has 1 saturated heterocycles. The summed E-state index contributed by atoms with van der Waals surface area (Å²) in [7, 11) is 1.91. The molecule has 1 aliphatic heterocycles. The Morgan fingerprint density at radius 3 is 2.55 bits per heavy atom. The molecular weight excluding hydrogens is 364 g/mol. The van der Waals surface area contributed by atoms with Gasteiger partial charge < -0.3 is 14.6 Å². The van der Waals surface area contributed by atoms with Crippen LogP contribution in [0.5, 0.6) is 0 Å². The van der Waals surface area contributed by atoms with E-state index in [0.29, 0.717) is 5.82 Å². The molecular formula is C22H30N6O. The van der Waals surface area contributed by atoms with Crippen molar-refractivity contribution < 1.29 is 5.11 Å². The lowest BCUT2D eigenvalue weighted by molar-refractivity contribution is 0.205. The van der Waals surface area contributed by atoms with Gasteiger partial charge in [-0.3, -0.25) is 9.58 Å². The van der Waals surface area contributed by atoms with Gasteiger partial charge in [0.15, 0.2) is 0 Å². The topological polar surface area (TPSA) is 62.4 Å². The number of rotatable bonds is 6. The summed E-state index contributed by atoms with van der Waals surface area (Å²) in [6.07, 6.45) is 4.86. The number of hydrogen-bond donors (Lipinski definition) is 1. The van der Waals surface area contributed by atoms with Crippen molar-refractivity contribution in [2.24, 2.45) is 7.05 Å². The molecule has 7 heteroatoms. The van der Waals surface area contributed by atoms with E-state index in [9.17, 15) is 5.11 Å². The summed E-state index contributed by atoms with van der Waals surface area (Å²) in [6.45, 7) is 9.98. The molecule has 0 saturated carbocycles. The zero-order valence-electron chi connectivity index (χ0n) is 17.5. The number of imidazole rings is 1. The number of aliphatic hydroxyl groups is 1. The average molecular weight is 395 g/mol. The number of benzene rings is 1. The Morgan fingerprint density at radius 1 is 1.14 bits per heavy atom. The van der Waals surface area contributed by atoms with E-state index < -0.39 is 6.10 Å². The molecule has 0 spiro atoms. The molecule has 0 amide bonds. The first-order valence-electron chi connectivity index (χ1n) is 10.3. The first-order valence-corrected chi connectivity index (χ1v) is 10.3. The maximum Gasteiger partial charge on any atom is 0.142 e. The van der Waals surface area contributed by atoms with Crippen LogP contribution in [-0.4, -0.2) is 55.5 Å². The Bertz CT molecular complexity index is 954. The normalized spacial score (nSPS) is 16.3. The summed E-state index contributed by atoms with van der Waals surface area (Å²) in [5.74, 6) is 0.666. The summed E-state index contributed by atoms with van der Waals surface area (Å²) in [5, 5.41) is 15.4. The van der Waals surface area contributed by atoms with E-state index in [2.05, 4.69) is 44.5 Å². The van der Waals surface area contributed by atoms with Crippen LogP contribution >= 0.6 is 0 Å². The van der Waals surface area contributed by atoms with E-state index in [1.54, 1.807) is 6.20 Å². The minimum absolute atomic E-state index is 0.666. The van der Waals surface area contributed by atoms with Crippen LogP contribution in [0.15, 0.2) is 42.9 Å². The van der Waals surface area contributed by atoms with Gasteiger partial charge in [0.05, 0.1) is 6.20 Å². The Labute approximate surface area is 172 Å². The Hall–Kier alpha value is -2.64. The summed E-state index contributed by atoms with van der Waals surface area (Å²) >= 11 is 0. The standard InChI is InChI=1S/C22H30N6O/c1-4-28-17(2)18(15-24-28)16-26-11-13-27(14-12-26)20-8-6-5-7-19(20)21(29)22-23-9-10-25(22)3/h5-10,15,21,29H,4,11-14,16H2,1-3H3. The maximum atomic E-state index is 10.9. The van der Waals surface area contributed by atoms with Gasteiger partial charge in [-0.2, -0.15) is 5.10 Å². The van der Waals surface area contributed by atoms with Crippen molar-refractivity contribution in [3.8, 4) is 0 Å². The highest BCUT2D eigenvalue weighted by Crippen LogP contribution is 2.30. The molecule has 7 nitrogen and oxygen atoms in total. The van der Waals surface area contributed by atoms with Crippen molar-refractivity contribution >= 4 is 5.69 Å². The van der Waals surface area contributed by atoms with Gasteiger partial charge >= 0.3 is 0 Å². The van der Waals surface area contributed by atoms with Crippen LogP contribution < -0.4 is 4.90 Å². The second-order valence-corrected chi connectivity index (χ2v) is 7.69. The van der Waals surface area contributed by atoms with Gasteiger partial charge in [0.1, 0.15) is 11.9 Å². The molecule has 0 aliphatic carbocycles. The number of aromatic nitrogens is 4. The molecule has 1 aliphatic rings. The fraction of sp³-hybridized carbons (Fsp3) is 0.455. The lowest BCUT2D eigenvalue weighted by atomic mass is 10.0. The number of nitrogens with zero attached hydrogens (tertiary/aromatic N) is 6. The molecule has 1 unspecified atom stereocenters. The molecule has 3 aromatic rings. The highest BCUT2D eigenvalue weighted by Gasteiger charge is 2.24. The molecule has 0 bridgehead atoms. The lowest BCUT2D eigenvalue weighted by Gasteiger charge is -2.37. The van der Waals surface area contributed by atoms with Gasteiger partial charge in [-0.15, -0.1) is 0 Å². The fourth-order valence-corrected chi connectivity index (χ4v) is 4.13. The van der Waals surface area contributed by atoms with Crippen LogP contribution in [0, 0.1) is 6.92 Å². The largest absolute Gasteiger partial charge is 0.380 e. The van der Waals surface area contributed by atoms with E-state index in [0.717, 1.165) is 50.5 Å². The molecule has 0 radical (unpaired) electrons. The molecule has 2 aromatic heterocycles. The van der Waals surface area contributed by atoms with Crippen molar-refractivity contribution in [2.75, 3.05) is 31.1 Å². The van der Waals surface area contributed by atoms with Gasteiger partial charge in [0.25, 0.3) is 0 Å². The number of para-hydroxylation sites is 1. The van der Waals surface area contributed by atoms with E-state index in [-0.39, 0.29) is 0 Å². The third-order valence-electron chi connectivity index (χ3n) is 5.95. The quantitative estimate of drug-likeness (QED) is 0.695. The van der Waals surface area contributed by atoms with Crippen LogP contribution in [0.25, 0.3) is 0 Å². The van der Waals surface area contributed by atoms with Crippen LogP contribution in [0.4, 0.5) is 5.69 Å². The highest BCUT2D eigenvalue weighted by atomic mass is 16.3. The zero-order chi connectivity index (χ0) is 20.4. The predicted octanol–water partition coefficient (Wildman–Crippen LogP) is 2.35. The highest BCUT2D eigenvalue weighted by molar-refractivity contribution is 5.56. The fourth-order valence-electron chi connectivity index (χ4n) is 4.13. The maximum absolute atomic E-state index is 10.9. The van der Waals surface area contributed by atoms with E-state index in [1.165, 1.54) is 11.3 Å². The van der Waals surface area contributed by atoms with E-state index in [1.807, 2.05) is 42.2 Å². The molecule has 154 valence electrons. The third kappa shape index (κ3) is 3.93. The minimum atomic E-state index is -0.730. The molecule has 4 rings (SSSR count). The lowest BCUT2D eigenvalue weighted by Crippen LogP contribution is -2.46. The molecule has 29 heavy (non-hydrogen) atoms. The Balaban J connectivity index is 1.45. The van der Waals surface area contributed by atoms with Crippen molar-refractivity contribution in [2.45, 2.75) is 33.0 Å². The Kier molecular flexibility index (Phi) is 5.69. The summed E-state index contributed by atoms with van der Waals surface area (Å²) < 4.78 is 3.93. The number of anilines is 1. The summed E-state index contributed by atoms with van der Waals surface area (Å²) in [4.78, 5) is 9.19. The number of hydrogen-bond acceptors (Lipinski definition) is 5. The first kappa shape index (κ1) is 19.7. The van der Waals surface area contributed by atoms with Crippen molar-refractivity contribution in [3.05, 3.63) is 65.5 Å². The molecule has 1 atom stereocenters. The van der Waals surface area contributed by atoms with Crippen LogP contribution in [0.2, 0.25) is 0 Å². The van der Waals surface area contributed by atoms with Crippen LogP contribution in [-0.2, 0) is 20.1 Å². The zero-order valence-corrected chi connectivity index (χ0v) is 17.5.